The number of hydrogen-bond acceptors (Lipinski definition) is 3. The van der Waals surface area contributed by atoms with Crippen molar-refractivity contribution in [2.45, 2.75) is 39.7 Å². The number of nitrogens with zero attached hydrogens (tertiary/aromatic N) is 1. The second-order valence-corrected chi connectivity index (χ2v) is 5.11. The van der Waals surface area contributed by atoms with E-state index in [0.717, 1.165) is 6.42 Å². The van der Waals surface area contributed by atoms with Gasteiger partial charge in [-0.1, -0.05) is 13.0 Å². The number of aliphatic carboxylic acids is 1. The van der Waals surface area contributed by atoms with E-state index in [9.17, 15) is 9.59 Å². The molecule has 116 valence electrons. The Balaban J connectivity index is 2.85. The first-order chi connectivity index (χ1) is 9.95. The Bertz CT molecular complexity index is 485. The molecule has 0 unspecified atom stereocenters. The number of rotatable bonds is 8. The number of hydrogen-bond donors (Lipinski definition) is 1. The highest BCUT2D eigenvalue weighted by atomic mass is 16.5. The van der Waals surface area contributed by atoms with Crippen molar-refractivity contribution < 1.29 is 19.4 Å². The first-order valence-corrected chi connectivity index (χ1v) is 7.21. The third-order valence-electron chi connectivity index (χ3n) is 3.00. The fraction of sp³-hybridized carbons (Fsp3) is 0.500. The highest BCUT2D eigenvalue weighted by Crippen LogP contribution is 2.16. The second kappa shape index (κ2) is 8.29. The highest BCUT2D eigenvalue weighted by molar-refractivity contribution is 5.95. The first kappa shape index (κ1) is 17.0. The Labute approximate surface area is 125 Å². The lowest BCUT2D eigenvalue weighted by Gasteiger charge is -2.26. The van der Waals surface area contributed by atoms with E-state index in [1.807, 2.05) is 26.8 Å². The molecule has 1 aromatic rings. The average Bonchev–Trinajstić information content (AvgIpc) is 2.44. The number of carboxylic acids is 1. The molecule has 1 amide bonds. The van der Waals surface area contributed by atoms with Gasteiger partial charge >= 0.3 is 5.97 Å². The summed E-state index contributed by atoms with van der Waals surface area (Å²) in [7, 11) is 0. The average molecular weight is 293 g/mol. The minimum Gasteiger partial charge on any atom is -0.494 e. The van der Waals surface area contributed by atoms with E-state index in [0.29, 0.717) is 17.9 Å². The highest BCUT2D eigenvalue weighted by Gasteiger charge is 2.19. The number of amides is 1. The molecule has 0 aliphatic carbocycles. The summed E-state index contributed by atoms with van der Waals surface area (Å²) in [5.74, 6) is -0.425. The minimum absolute atomic E-state index is 0.0583. The van der Waals surface area contributed by atoms with Gasteiger partial charge in [0.05, 0.1) is 13.0 Å². The zero-order valence-electron chi connectivity index (χ0n) is 12.8. The van der Waals surface area contributed by atoms with Crippen molar-refractivity contribution in [1.82, 2.24) is 4.90 Å². The van der Waals surface area contributed by atoms with Crippen LogP contribution in [0.5, 0.6) is 5.75 Å². The van der Waals surface area contributed by atoms with Gasteiger partial charge in [0.15, 0.2) is 0 Å². The fourth-order valence-corrected chi connectivity index (χ4v) is 1.91. The van der Waals surface area contributed by atoms with E-state index in [1.165, 1.54) is 0 Å². The summed E-state index contributed by atoms with van der Waals surface area (Å²) in [5, 5.41) is 8.78. The molecule has 5 nitrogen and oxygen atoms in total. The number of carbonyl (C=O) groups is 2. The van der Waals surface area contributed by atoms with Crippen LogP contribution in [-0.2, 0) is 4.79 Å². The Morgan fingerprint density at radius 1 is 1.33 bits per heavy atom. The molecule has 0 saturated heterocycles. The molecule has 0 aromatic heterocycles. The molecule has 0 aliphatic rings. The van der Waals surface area contributed by atoms with Crippen LogP contribution in [0.2, 0.25) is 0 Å². The first-order valence-electron chi connectivity index (χ1n) is 7.21. The van der Waals surface area contributed by atoms with E-state index < -0.39 is 5.97 Å². The summed E-state index contributed by atoms with van der Waals surface area (Å²) in [4.78, 5) is 24.8. The van der Waals surface area contributed by atoms with Gasteiger partial charge in [-0.2, -0.15) is 0 Å². The van der Waals surface area contributed by atoms with Crippen molar-refractivity contribution in [1.29, 1.82) is 0 Å². The van der Waals surface area contributed by atoms with Gasteiger partial charge in [0.2, 0.25) is 0 Å². The van der Waals surface area contributed by atoms with Gasteiger partial charge in [-0.05, 0) is 38.5 Å². The lowest BCUT2D eigenvalue weighted by molar-refractivity contribution is -0.137. The molecule has 0 saturated carbocycles. The maximum Gasteiger partial charge on any atom is 0.305 e. The molecular formula is C16H23NO4. The summed E-state index contributed by atoms with van der Waals surface area (Å²) in [6.45, 7) is 6.56. The van der Waals surface area contributed by atoms with Crippen LogP contribution < -0.4 is 4.74 Å². The predicted molar refractivity (Wildman–Crippen MR) is 80.7 cm³/mol. The van der Waals surface area contributed by atoms with Crippen LogP contribution in [0.4, 0.5) is 0 Å². The van der Waals surface area contributed by atoms with Crippen molar-refractivity contribution in [2.24, 2.45) is 0 Å². The van der Waals surface area contributed by atoms with Crippen molar-refractivity contribution >= 4 is 11.9 Å². The number of carboxylic acid groups (broad SMARTS) is 1. The van der Waals surface area contributed by atoms with Crippen LogP contribution in [0, 0.1) is 0 Å². The molecule has 0 fully saturated rings. The molecular weight excluding hydrogens is 270 g/mol. The normalized spacial score (nSPS) is 10.5. The van der Waals surface area contributed by atoms with Crippen molar-refractivity contribution in [3.63, 3.8) is 0 Å². The molecule has 1 aromatic carbocycles. The summed E-state index contributed by atoms with van der Waals surface area (Å²) >= 11 is 0. The van der Waals surface area contributed by atoms with Crippen LogP contribution in [0.3, 0.4) is 0 Å². The topological polar surface area (TPSA) is 66.8 Å². The largest absolute Gasteiger partial charge is 0.494 e. The van der Waals surface area contributed by atoms with Gasteiger partial charge in [0.1, 0.15) is 5.75 Å². The Morgan fingerprint density at radius 2 is 2.05 bits per heavy atom. The Hall–Kier alpha value is -2.04. The molecule has 5 heteroatoms. The van der Waals surface area contributed by atoms with Gasteiger partial charge < -0.3 is 14.7 Å². The number of benzene rings is 1. The van der Waals surface area contributed by atoms with Crippen molar-refractivity contribution in [2.75, 3.05) is 13.2 Å². The van der Waals surface area contributed by atoms with Gasteiger partial charge in [-0.25, -0.2) is 0 Å². The number of ether oxygens (including phenoxy) is 1. The van der Waals surface area contributed by atoms with E-state index in [1.54, 1.807) is 23.1 Å². The Morgan fingerprint density at radius 3 is 2.62 bits per heavy atom. The summed E-state index contributed by atoms with van der Waals surface area (Å²) in [5.41, 5.74) is 0.516. The van der Waals surface area contributed by atoms with Gasteiger partial charge in [-0.15, -0.1) is 0 Å². The van der Waals surface area contributed by atoms with Crippen molar-refractivity contribution in [3.8, 4) is 5.75 Å². The maximum absolute atomic E-state index is 12.5. The van der Waals surface area contributed by atoms with Gasteiger partial charge in [-0.3, -0.25) is 9.59 Å². The molecule has 0 radical (unpaired) electrons. The lowest BCUT2D eigenvalue weighted by Crippen LogP contribution is -2.38. The zero-order chi connectivity index (χ0) is 15.8. The molecule has 0 heterocycles. The van der Waals surface area contributed by atoms with Gasteiger partial charge in [0.25, 0.3) is 5.91 Å². The number of carbonyl (C=O) groups excluding carboxylic acids is 1. The molecule has 0 aliphatic heterocycles. The summed E-state index contributed by atoms with van der Waals surface area (Å²) in [6.07, 6.45) is 0.838. The Kier molecular flexibility index (Phi) is 6.72. The SMILES string of the molecule is CCCOc1cccc(C(=O)N(CCC(=O)O)C(C)C)c1. The van der Waals surface area contributed by atoms with E-state index in [4.69, 9.17) is 9.84 Å². The van der Waals surface area contributed by atoms with E-state index in [2.05, 4.69) is 0 Å². The van der Waals surface area contributed by atoms with Gasteiger partial charge in [0, 0.05) is 18.2 Å². The summed E-state index contributed by atoms with van der Waals surface area (Å²) in [6, 6.07) is 6.94. The van der Waals surface area contributed by atoms with E-state index >= 15 is 0 Å². The second-order valence-electron chi connectivity index (χ2n) is 5.11. The quantitative estimate of drug-likeness (QED) is 0.800. The molecule has 0 spiro atoms. The maximum atomic E-state index is 12.5. The smallest absolute Gasteiger partial charge is 0.305 e. The van der Waals surface area contributed by atoms with E-state index in [-0.39, 0.29) is 24.9 Å². The third kappa shape index (κ3) is 5.45. The fourth-order valence-electron chi connectivity index (χ4n) is 1.91. The lowest BCUT2D eigenvalue weighted by atomic mass is 10.1. The molecule has 1 rings (SSSR count). The van der Waals surface area contributed by atoms with Crippen LogP contribution in [-0.4, -0.2) is 41.1 Å². The third-order valence-corrected chi connectivity index (χ3v) is 3.00. The monoisotopic (exact) mass is 293 g/mol. The molecule has 21 heavy (non-hydrogen) atoms. The standard InChI is InChI=1S/C16H23NO4/c1-4-10-21-14-7-5-6-13(11-14)16(20)17(12(2)3)9-8-15(18)19/h5-7,11-12H,4,8-10H2,1-3H3,(H,18,19). The van der Waals surface area contributed by atoms with Crippen LogP contribution >= 0.6 is 0 Å². The van der Waals surface area contributed by atoms with Crippen molar-refractivity contribution in [3.05, 3.63) is 29.8 Å². The predicted octanol–water partition coefficient (Wildman–Crippen LogP) is 2.80. The van der Waals surface area contributed by atoms with Crippen LogP contribution in [0.15, 0.2) is 24.3 Å². The molecule has 0 atom stereocenters. The molecule has 1 N–H and O–H groups in total. The summed E-state index contributed by atoms with van der Waals surface area (Å²) < 4.78 is 5.52. The zero-order valence-corrected chi connectivity index (χ0v) is 12.8. The minimum atomic E-state index is -0.909. The van der Waals surface area contributed by atoms with Crippen LogP contribution in [0.1, 0.15) is 44.0 Å². The molecule has 0 bridgehead atoms. The van der Waals surface area contributed by atoms with Crippen LogP contribution in [0.25, 0.3) is 0 Å².